The summed E-state index contributed by atoms with van der Waals surface area (Å²) in [5.41, 5.74) is 0.531. The molecule has 0 fully saturated rings. The standard InChI is InChI=1S/C18H17NO7/c1-23-14-5-3-4-6-15(14)25-12-18(20)26-16-8-7-13(9-10-19(21)22)11-17(16)24-2/h3-11H,12H2,1-2H3/b10-9+. The maximum atomic E-state index is 12.0. The van der Waals surface area contributed by atoms with Crippen molar-refractivity contribution in [2.75, 3.05) is 20.8 Å². The Morgan fingerprint density at radius 3 is 2.38 bits per heavy atom. The first-order valence-electron chi connectivity index (χ1n) is 7.49. The highest BCUT2D eigenvalue weighted by Gasteiger charge is 2.13. The molecule has 2 aromatic carbocycles. The van der Waals surface area contributed by atoms with E-state index in [0.717, 1.165) is 6.20 Å². The van der Waals surface area contributed by atoms with Gasteiger partial charge >= 0.3 is 5.97 Å². The molecule has 0 atom stereocenters. The predicted molar refractivity (Wildman–Crippen MR) is 93.1 cm³/mol. The Bertz CT molecular complexity index is 817. The third-order valence-electron chi connectivity index (χ3n) is 3.21. The van der Waals surface area contributed by atoms with Crippen molar-refractivity contribution in [2.24, 2.45) is 0 Å². The summed E-state index contributed by atoms with van der Waals surface area (Å²) in [4.78, 5) is 21.8. The summed E-state index contributed by atoms with van der Waals surface area (Å²) in [7, 11) is 2.90. The lowest BCUT2D eigenvalue weighted by atomic mass is 10.2. The van der Waals surface area contributed by atoms with Gasteiger partial charge in [-0.2, -0.15) is 0 Å². The van der Waals surface area contributed by atoms with Gasteiger partial charge in [0.1, 0.15) is 0 Å². The van der Waals surface area contributed by atoms with Gasteiger partial charge in [-0.3, -0.25) is 10.1 Å². The minimum atomic E-state index is -0.636. The summed E-state index contributed by atoms with van der Waals surface area (Å²) in [5.74, 6) is 0.724. The van der Waals surface area contributed by atoms with E-state index >= 15 is 0 Å². The zero-order chi connectivity index (χ0) is 18.9. The van der Waals surface area contributed by atoms with Crippen molar-refractivity contribution in [1.82, 2.24) is 0 Å². The molecule has 0 heterocycles. The lowest BCUT2D eigenvalue weighted by Crippen LogP contribution is -2.18. The van der Waals surface area contributed by atoms with Gasteiger partial charge in [-0.25, -0.2) is 4.79 Å². The quantitative estimate of drug-likeness (QED) is 0.309. The minimum absolute atomic E-state index is 0.180. The first-order valence-corrected chi connectivity index (χ1v) is 7.49. The highest BCUT2D eigenvalue weighted by atomic mass is 16.6. The molecule has 0 aromatic heterocycles. The number of esters is 1. The maximum absolute atomic E-state index is 12.0. The third kappa shape index (κ3) is 5.23. The van der Waals surface area contributed by atoms with Crippen molar-refractivity contribution in [3.8, 4) is 23.0 Å². The van der Waals surface area contributed by atoms with Crippen LogP contribution in [0, 0.1) is 10.1 Å². The van der Waals surface area contributed by atoms with Gasteiger partial charge < -0.3 is 18.9 Å². The molecule has 0 bridgehead atoms. The van der Waals surface area contributed by atoms with Gasteiger partial charge in [-0.1, -0.05) is 18.2 Å². The Kier molecular flexibility index (Phi) is 6.55. The van der Waals surface area contributed by atoms with Crippen LogP contribution in [0.4, 0.5) is 0 Å². The minimum Gasteiger partial charge on any atom is -0.493 e. The molecule has 0 aliphatic carbocycles. The van der Waals surface area contributed by atoms with Crippen molar-refractivity contribution in [2.45, 2.75) is 0 Å². The molecule has 0 amide bonds. The molecule has 0 saturated carbocycles. The first-order chi connectivity index (χ1) is 12.5. The number of benzene rings is 2. The third-order valence-corrected chi connectivity index (χ3v) is 3.21. The van der Waals surface area contributed by atoms with Crippen molar-refractivity contribution < 1.29 is 28.7 Å². The van der Waals surface area contributed by atoms with Gasteiger partial charge in [0.05, 0.1) is 19.1 Å². The Balaban J connectivity index is 2.03. The molecule has 0 saturated heterocycles. The fourth-order valence-corrected chi connectivity index (χ4v) is 2.05. The molecule has 0 N–H and O–H groups in total. The molecule has 0 aliphatic heterocycles. The summed E-state index contributed by atoms with van der Waals surface area (Å²) in [6, 6.07) is 11.5. The largest absolute Gasteiger partial charge is 0.493 e. The summed E-state index contributed by atoms with van der Waals surface area (Å²) in [6.07, 6.45) is 2.11. The van der Waals surface area contributed by atoms with Crippen LogP contribution in [0.5, 0.6) is 23.0 Å². The van der Waals surface area contributed by atoms with Crippen LogP contribution in [0.3, 0.4) is 0 Å². The lowest BCUT2D eigenvalue weighted by molar-refractivity contribution is -0.400. The van der Waals surface area contributed by atoms with E-state index in [1.54, 1.807) is 30.3 Å². The van der Waals surface area contributed by atoms with Gasteiger partial charge in [-0.15, -0.1) is 0 Å². The Morgan fingerprint density at radius 1 is 1.04 bits per heavy atom. The van der Waals surface area contributed by atoms with Crippen LogP contribution in [0.2, 0.25) is 0 Å². The van der Waals surface area contributed by atoms with Crippen LogP contribution < -0.4 is 18.9 Å². The van der Waals surface area contributed by atoms with E-state index in [1.165, 1.54) is 32.4 Å². The van der Waals surface area contributed by atoms with Crippen molar-refractivity contribution in [3.05, 3.63) is 64.3 Å². The van der Waals surface area contributed by atoms with Crippen LogP contribution in [0.1, 0.15) is 5.56 Å². The molecular formula is C18H17NO7. The number of carbonyl (C=O) groups is 1. The summed E-state index contributed by atoms with van der Waals surface area (Å²) in [6.45, 7) is -0.327. The average molecular weight is 359 g/mol. The summed E-state index contributed by atoms with van der Waals surface area (Å²) in [5, 5.41) is 10.4. The number of para-hydroxylation sites is 2. The zero-order valence-electron chi connectivity index (χ0n) is 14.2. The molecule has 8 nitrogen and oxygen atoms in total. The smallest absolute Gasteiger partial charge is 0.349 e. The van der Waals surface area contributed by atoms with Gasteiger partial charge in [0.25, 0.3) is 0 Å². The first kappa shape index (κ1) is 18.8. The molecule has 0 spiro atoms. The fraction of sp³-hybridized carbons (Fsp3) is 0.167. The summed E-state index contributed by atoms with van der Waals surface area (Å²) < 4.78 is 20.9. The highest BCUT2D eigenvalue weighted by molar-refractivity contribution is 5.75. The Morgan fingerprint density at radius 2 is 1.73 bits per heavy atom. The zero-order valence-corrected chi connectivity index (χ0v) is 14.2. The van der Waals surface area contributed by atoms with Crippen molar-refractivity contribution in [3.63, 3.8) is 0 Å². The van der Waals surface area contributed by atoms with E-state index < -0.39 is 10.9 Å². The highest BCUT2D eigenvalue weighted by Crippen LogP contribution is 2.29. The molecule has 136 valence electrons. The topological polar surface area (TPSA) is 97.1 Å². The van der Waals surface area contributed by atoms with E-state index in [4.69, 9.17) is 18.9 Å². The molecule has 2 rings (SSSR count). The van der Waals surface area contributed by atoms with Crippen molar-refractivity contribution >= 4 is 12.0 Å². The second-order valence-electron chi connectivity index (χ2n) is 4.92. The van der Waals surface area contributed by atoms with Crippen LogP contribution in [-0.2, 0) is 4.79 Å². The number of hydrogen-bond donors (Lipinski definition) is 0. The number of hydrogen-bond acceptors (Lipinski definition) is 7. The molecular weight excluding hydrogens is 342 g/mol. The van der Waals surface area contributed by atoms with Crippen molar-refractivity contribution in [1.29, 1.82) is 0 Å². The Hall–Kier alpha value is -3.55. The van der Waals surface area contributed by atoms with Gasteiger partial charge in [0.15, 0.2) is 29.6 Å². The van der Waals surface area contributed by atoms with E-state index in [1.807, 2.05) is 0 Å². The van der Waals surface area contributed by atoms with Crippen LogP contribution in [0.15, 0.2) is 48.7 Å². The average Bonchev–Trinajstić information content (AvgIpc) is 2.65. The fourth-order valence-electron chi connectivity index (χ4n) is 2.05. The number of methoxy groups -OCH3 is 2. The molecule has 2 aromatic rings. The summed E-state index contributed by atoms with van der Waals surface area (Å²) >= 11 is 0. The second kappa shape index (κ2) is 9.07. The molecule has 26 heavy (non-hydrogen) atoms. The number of rotatable bonds is 8. The Labute approximate surface area is 149 Å². The van der Waals surface area contributed by atoms with E-state index in [0.29, 0.717) is 17.1 Å². The SMILES string of the molecule is COc1ccccc1OCC(=O)Oc1ccc(/C=C/[N+](=O)[O-])cc1OC. The number of carbonyl (C=O) groups excluding carboxylic acids is 1. The van der Waals surface area contributed by atoms with E-state index in [2.05, 4.69) is 0 Å². The maximum Gasteiger partial charge on any atom is 0.349 e. The second-order valence-corrected chi connectivity index (χ2v) is 4.92. The number of nitro groups is 1. The predicted octanol–water partition coefficient (Wildman–Crippen LogP) is 2.94. The van der Waals surface area contributed by atoms with Crippen LogP contribution in [-0.4, -0.2) is 31.7 Å². The molecule has 8 heteroatoms. The monoisotopic (exact) mass is 359 g/mol. The number of nitrogens with zero attached hydrogens (tertiary/aromatic N) is 1. The molecule has 0 aliphatic rings. The van der Waals surface area contributed by atoms with Crippen LogP contribution in [0.25, 0.3) is 6.08 Å². The van der Waals surface area contributed by atoms with Gasteiger partial charge in [0.2, 0.25) is 6.20 Å². The van der Waals surface area contributed by atoms with E-state index in [9.17, 15) is 14.9 Å². The molecule has 0 radical (unpaired) electrons. The number of ether oxygens (including phenoxy) is 4. The van der Waals surface area contributed by atoms with Crippen LogP contribution >= 0.6 is 0 Å². The van der Waals surface area contributed by atoms with Gasteiger partial charge in [-0.05, 0) is 29.8 Å². The van der Waals surface area contributed by atoms with Gasteiger partial charge in [0, 0.05) is 6.08 Å². The van der Waals surface area contributed by atoms with E-state index in [-0.39, 0.29) is 18.1 Å². The molecule has 0 unspecified atom stereocenters. The lowest BCUT2D eigenvalue weighted by Gasteiger charge is -2.12. The normalized spacial score (nSPS) is 10.4.